The molecule has 1 atom stereocenters. The third-order valence-corrected chi connectivity index (χ3v) is 9.39. The summed E-state index contributed by atoms with van der Waals surface area (Å²) in [5.41, 5.74) is 0. The molecule has 318 valence electrons. The summed E-state index contributed by atoms with van der Waals surface area (Å²) in [6.45, 7) is 3.99. The first-order chi connectivity index (χ1) is 27.6. The van der Waals surface area contributed by atoms with Crippen molar-refractivity contribution in [3.8, 4) is 0 Å². The second-order valence-corrected chi connectivity index (χ2v) is 14.8. The number of hydrogen-bond acceptors (Lipinski definition) is 5. The fourth-order valence-electron chi connectivity index (χ4n) is 5.98. The van der Waals surface area contributed by atoms with E-state index >= 15 is 0 Å². The largest absolute Gasteiger partial charge is 0.462 e. The van der Waals surface area contributed by atoms with Crippen molar-refractivity contribution in [3.05, 3.63) is 97.2 Å². The highest BCUT2D eigenvalue weighted by Crippen LogP contribution is 2.14. The SMILES string of the molecule is CC/C=C\C/C=C\C/C=C\C/C=C\C/C=C\C/C=C\C/C=C\C/C=C\CCCCC(=O)OC(CO)COC(=O)CCCCCCCCCCCCCCCCC. The molecule has 0 aromatic heterocycles. The van der Waals surface area contributed by atoms with Crippen LogP contribution in [0.15, 0.2) is 97.2 Å². The van der Waals surface area contributed by atoms with E-state index in [4.69, 9.17) is 9.47 Å². The highest BCUT2D eigenvalue weighted by molar-refractivity contribution is 5.70. The quantitative estimate of drug-likeness (QED) is 0.0381. The summed E-state index contributed by atoms with van der Waals surface area (Å²) >= 11 is 0. The maximum Gasteiger partial charge on any atom is 0.306 e. The van der Waals surface area contributed by atoms with Crippen molar-refractivity contribution in [2.45, 2.75) is 200 Å². The predicted octanol–water partition coefficient (Wildman–Crippen LogP) is 14.8. The lowest BCUT2D eigenvalue weighted by atomic mass is 10.0. The van der Waals surface area contributed by atoms with Crippen LogP contribution >= 0.6 is 0 Å². The van der Waals surface area contributed by atoms with Gasteiger partial charge in [-0.3, -0.25) is 9.59 Å². The molecule has 0 saturated carbocycles. The Morgan fingerprint density at radius 1 is 0.429 bits per heavy atom. The summed E-state index contributed by atoms with van der Waals surface area (Å²) in [5.74, 6) is -0.645. The molecule has 0 saturated heterocycles. The summed E-state index contributed by atoms with van der Waals surface area (Å²) in [6.07, 6.45) is 64.8. The van der Waals surface area contributed by atoms with E-state index in [1.54, 1.807) is 0 Å². The fraction of sp³-hybridized carbons (Fsp3) is 0.647. The summed E-state index contributed by atoms with van der Waals surface area (Å²) in [6, 6.07) is 0. The molecule has 0 aliphatic carbocycles. The van der Waals surface area contributed by atoms with Crippen molar-refractivity contribution in [1.29, 1.82) is 0 Å². The van der Waals surface area contributed by atoms with Gasteiger partial charge in [-0.25, -0.2) is 0 Å². The third kappa shape index (κ3) is 43.5. The van der Waals surface area contributed by atoms with Crippen LogP contribution in [0.3, 0.4) is 0 Å². The zero-order valence-corrected chi connectivity index (χ0v) is 36.1. The van der Waals surface area contributed by atoms with E-state index in [2.05, 4.69) is 111 Å². The van der Waals surface area contributed by atoms with Gasteiger partial charge >= 0.3 is 11.9 Å². The molecule has 0 bridgehead atoms. The molecule has 0 aromatic carbocycles. The first-order valence-electron chi connectivity index (χ1n) is 22.8. The Labute approximate surface area is 345 Å². The van der Waals surface area contributed by atoms with Crippen LogP contribution in [0.5, 0.6) is 0 Å². The zero-order valence-electron chi connectivity index (χ0n) is 36.1. The van der Waals surface area contributed by atoms with Crippen LogP contribution in [0.4, 0.5) is 0 Å². The van der Waals surface area contributed by atoms with Crippen molar-refractivity contribution in [2.75, 3.05) is 13.2 Å². The average molecular weight is 777 g/mol. The Balaban J connectivity index is 3.68. The van der Waals surface area contributed by atoms with E-state index < -0.39 is 6.10 Å². The fourth-order valence-corrected chi connectivity index (χ4v) is 5.98. The Kier molecular flexibility index (Phi) is 43.6. The van der Waals surface area contributed by atoms with Gasteiger partial charge in [-0.05, 0) is 77.0 Å². The van der Waals surface area contributed by atoms with Crippen molar-refractivity contribution >= 4 is 11.9 Å². The van der Waals surface area contributed by atoms with Crippen LogP contribution in [0, 0.1) is 0 Å². The first-order valence-corrected chi connectivity index (χ1v) is 22.8. The van der Waals surface area contributed by atoms with Gasteiger partial charge in [0.1, 0.15) is 6.61 Å². The molecule has 0 amide bonds. The summed E-state index contributed by atoms with van der Waals surface area (Å²) in [7, 11) is 0. The summed E-state index contributed by atoms with van der Waals surface area (Å²) < 4.78 is 10.6. The Bertz CT molecular complexity index is 1110. The molecular weight excluding hydrogens is 693 g/mol. The van der Waals surface area contributed by atoms with Gasteiger partial charge in [0.15, 0.2) is 6.10 Å². The molecular formula is C51H84O5. The monoisotopic (exact) mass is 777 g/mol. The van der Waals surface area contributed by atoms with Crippen LogP contribution in [0.2, 0.25) is 0 Å². The van der Waals surface area contributed by atoms with Crippen molar-refractivity contribution in [1.82, 2.24) is 0 Å². The number of aliphatic hydroxyl groups excluding tert-OH is 1. The number of allylic oxidation sites excluding steroid dienone is 16. The van der Waals surface area contributed by atoms with E-state index in [1.807, 2.05) is 0 Å². The van der Waals surface area contributed by atoms with Gasteiger partial charge in [0.05, 0.1) is 6.61 Å². The number of carbonyl (C=O) groups is 2. The lowest BCUT2D eigenvalue weighted by Crippen LogP contribution is -2.28. The maximum atomic E-state index is 12.2. The normalized spacial score (nSPS) is 13.1. The highest BCUT2D eigenvalue weighted by Gasteiger charge is 2.16. The van der Waals surface area contributed by atoms with Gasteiger partial charge in [-0.15, -0.1) is 0 Å². The molecule has 0 radical (unpaired) electrons. The lowest BCUT2D eigenvalue weighted by molar-refractivity contribution is -0.161. The minimum atomic E-state index is -0.799. The average Bonchev–Trinajstić information content (AvgIpc) is 3.20. The molecule has 0 rings (SSSR count). The minimum Gasteiger partial charge on any atom is -0.462 e. The van der Waals surface area contributed by atoms with Gasteiger partial charge in [0, 0.05) is 12.8 Å². The lowest BCUT2D eigenvalue weighted by Gasteiger charge is -2.15. The van der Waals surface area contributed by atoms with Crippen LogP contribution in [-0.2, 0) is 19.1 Å². The van der Waals surface area contributed by atoms with Crippen molar-refractivity contribution in [2.24, 2.45) is 0 Å². The van der Waals surface area contributed by atoms with Crippen LogP contribution in [0.1, 0.15) is 194 Å². The standard InChI is InChI=1S/C51H84O5/c1-3-5-7-9-11-13-15-17-19-20-21-22-23-24-25-26-27-28-29-30-32-34-36-38-40-42-44-46-51(54)56-49(47-52)48-55-50(53)45-43-41-39-37-35-33-31-18-16-14-12-10-8-6-4-2/h5,7,11,13,17,19,21-22,24-25,27-28,30,32,36,38,49,52H,3-4,6,8-10,12,14-16,18,20,23,26,29,31,33-35,37,39-48H2,1-2H3/b7-5-,13-11-,19-17-,22-21-,25-24-,28-27-,32-30-,38-36-. The molecule has 1 N–H and O–H groups in total. The topological polar surface area (TPSA) is 72.8 Å². The summed E-state index contributed by atoms with van der Waals surface area (Å²) in [5, 5.41) is 9.58. The minimum absolute atomic E-state index is 0.0871. The molecule has 5 nitrogen and oxygen atoms in total. The Morgan fingerprint density at radius 2 is 0.768 bits per heavy atom. The molecule has 56 heavy (non-hydrogen) atoms. The van der Waals surface area contributed by atoms with E-state index in [0.717, 1.165) is 89.9 Å². The first kappa shape index (κ1) is 52.8. The zero-order chi connectivity index (χ0) is 40.7. The van der Waals surface area contributed by atoms with E-state index in [0.29, 0.717) is 12.8 Å². The van der Waals surface area contributed by atoms with Gasteiger partial charge < -0.3 is 14.6 Å². The number of aliphatic hydroxyl groups is 1. The van der Waals surface area contributed by atoms with Gasteiger partial charge in [0.25, 0.3) is 0 Å². The van der Waals surface area contributed by atoms with Crippen LogP contribution in [0.25, 0.3) is 0 Å². The smallest absolute Gasteiger partial charge is 0.306 e. The van der Waals surface area contributed by atoms with Crippen molar-refractivity contribution < 1.29 is 24.2 Å². The second kappa shape index (κ2) is 46.2. The predicted molar refractivity (Wildman–Crippen MR) is 242 cm³/mol. The number of unbranched alkanes of at least 4 members (excludes halogenated alkanes) is 16. The van der Waals surface area contributed by atoms with E-state index in [9.17, 15) is 14.7 Å². The molecule has 0 heterocycles. The highest BCUT2D eigenvalue weighted by atomic mass is 16.6. The Morgan fingerprint density at radius 3 is 1.16 bits per heavy atom. The molecule has 0 spiro atoms. The molecule has 5 heteroatoms. The van der Waals surface area contributed by atoms with Crippen LogP contribution in [-0.4, -0.2) is 36.4 Å². The number of esters is 2. The third-order valence-electron chi connectivity index (χ3n) is 9.39. The second-order valence-electron chi connectivity index (χ2n) is 14.8. The van der Waals surface area contributed by atoms with Gasteiger partial charge in [-0.1, -0.05) is 201 Å². The van der Waals surface area contributed by atoms with Crippen LogP contribution < -0.4 is 0 Å². The molecule has 0 aromatic rings. The molecule has 0 aliphatic rings. The number of ether oxygens (including phenoxy) is 2. The summed E-state index contributed by atoms with van der Waals surface area (Å²) in [4.78, 5) is 24.3. The van der Waals surface area contributed by atoms with Crippen molar-refractivity contribution in [3.63, 3.8) is 0 Å². The van der Waals surface area contributed by atoms with Gasteiger partial charge in [0.2, 0.25) is 0 Å². The number of carbonyl (C=O) groups excluding carboxylic acids is 2. The van der Waals surface area contributed by atoms with E-state index in [1.165, 1.54) is 77.0 Å². The maximum absolute atomic E-state index is 12.2. The molecule has 1 unspecified atom stereocenters. The number of rotatable bonds is 40. The van der Waals surface area contributed by atoms with E-state index in [-0.39, 0.29) is 25.2 Å². The Hall–Kier alpha value is -3.18. The number of hydrogen-bond donors (Lipinski definition) is 1. The van der Waals surface area contributed by atoms with Gasteiger partial charge in [-0.2, -0.15) is 0 Å². The molecule has 0 aliphatic heterocycles. The molecule has 0 fully saturated rings.